The summed E-state index contributed by atoms with van der Waals surface area (Å²) in [7, 11) is 0. The molecule has 3 atom stereocenters. The monoisotopic (exact) mass is 293 g/mol. The minimum absolute atomic E-state index is 0.00843. The van der Waals surface area contributed by atoms with Crippen LogP contribution in [-0.4, -0.2) is 59.4 Å². The van der Waals surface area contributed by atoms with Crippen molar-refractivity contribution in [2.45, 2.75) is 64.1 Å². The van der Waals surface area contributed by atoms with E-state index in [9.17, 15) is 9.59 Å². The lowest BCUT2D eigenvalue weighted by Gasteiger charge is -2.43. The molecule has 0 bridgehead atoms. The van der Waals surface area contributed by atoms with E-state index >= 15 is 0 Å². The molecule has 5 nitrogen and oxygen atoms in total. The summed E-state index contributed by atoms with van der Waals surface area (Å²) in [5.41, 5.74) is 0. The third-order valence-corrected chi connectivity index (χ3v) is 5.17. The molecular formula is C16H27N3O2. The van der Waals surface area contributed by atoms with Crippen molar-refractivity contribution >= 4 is 11.8 Å². The standard InChI is InChI=1S/C16H27N3O2/c1-11(2)8-14-16(21)19(10-15(20)17-14)13-5-7-18-6-3-4-12(18)9-13/h11-14H,3-10H2,1-2H3,(H,17,20). The van der Waals surface area contributed by atoms with E-state index in [1.54, 1.807) is 0 Å². The van der Waals surface area contributed by atoms with E-state index in [4.69, 9.17) is 0 Å². The van der Waals surface area contributed by atoms with Gasteiger partial charge in [-0.2, -0.15) is 0 Å². The lowest BCUT2D eigenvalue weighted by Crippen LogP contribution is -2.62. The molecule has 0 aliphatic carbocycles. The Bertz CT molecular complexity index is 424. The molecular weight excluding hydrogens is 266 g/mol. The van der Waals surface area contributed by atoms with E-state index in [2.05, 4.69) is 24.1 Å². The minimum atomic E-state index is -0.312. The number of piperazine rings is 1. The lowest BCUT2D eigenvalue weighted by molar-refractivity contribution is -0.148. The van der Waals surface area contributed by atoms with Crippen molar-refractivity contribution in [2.24, 2.45) is 5.92 Å². The fraction of sp³-hybridized carbons (Fsp3) is 0.875. The average Bonchev–Trinajstić information content (AvgIpc) is 2.89. The first-order valence-electron chi connectivity index (χ1n) is 8.38. The summed E-state index contributed by atoms with van der Waals surface area (Å²) in [5, 5.41) is 2.87. The van der Waals surface area contributed by atoms with Crippen molar-refractivity contribution in [1.82, 2.24) is 15.1 Å². The van der Waals surface area contributed by atoms with E-state index in [0.29, 0.717) is 12.0 Å². The van der Waals surface area contributed by atoms with Gasteiger partial charge in [0.05, 0.1) is 6.54 Å². The number of piperidine rings is 1. The number of carbonyl (C=O) groups excluding carboxylic acids is 2. The number of nitrogens with one attached hydrogen (secondary N) is 1. The molecule has 3 heterocycles. The van der Waals surface area contributed by atoms with Gasteiger partial charge in [-0.05, 0) is 44.6 Å². The van der Waals surface area contributed by atoms with Crippen LogP contribution in [0.25, 0.3) is 0 Å². The van der Waals surface area contributed by atoms with Crippen molar-refractivity contribution in [3.8, 4) is 0 Å². The Balaban J connectivity index is 1.68. The first kappa shape index (κ1) is 14.8. The molecule has 3 fully saturated rings. The summed E-state index contributed by atoms with van der Waals surface area (Å²) in [4.78, 5) is 29.1. The minimum Gasteiger partial charge on any atom is -0.343 e. The van der Waals surface area contributed by atoms with Crippen LogP contribution in [0.1, 0.15) is 46.0 Å². The van der Waals surface area contributed by atoms with E-state index in [-0.39, 0.29) is 30.4 Å². The van der Waals surface area contributed by atoms with Gasteiger partial charge in [-0.15, -0.1) is 0 Å². The summed E-state index contributed by atoms with van der Waals surface area (Å²) in [6.45, 7) is 6.73. The maximum Gasteiger partial charge on any atom is 0.245 e. The molecule has 0 radical (unpaired) electrons. The first-order valence-corrected chi connectivity index (χ1v) is 8.38. The Kier molecular flexibility index (Phi) is 4.20. The molecule has 1 N–H and O–H groups in total. The molecule has 3 unspecified atom stereocenters. The Morgan fingerprint density at radius 3 is 2.76 bits per heavy atom. The molecule has 2 amide bonds. The van der Waals surface area contributed by atoms with Crippen LogP contribution in [0.4, 0.5) is 0 Å². The highest BCUT2D eigenvalue weighted by Crippen LogP contribution is 2.30. The number of hydrogen-bond acceptors (Lipinski definition) is 3. The van der Waals surface area contributed by atoms with Gasteiger partial charge in [-0.25, -0.2) is 0 Å². The zero-order valence-electron chi connectivity index (χ0n) is 13.2. The molecule has 0 aromatic carbocycles. The Labute approximate surface area is 127 Å². The van der Waals surface area contributed by atoms with Gasteiger partial charge in [0.15, 0.2) is 0 Å². The van der Waals surface area contributed by atoms with Crippen molar-refractivity contribution in [2.75, 3.05) is 19.6 Å². The van der Waals surface area contributed by atoms with Gasteiger partial charge in [-0.1, -0.05) is 13.8 Å². The average molecular weight is 293 g/mol. The summed E-state index contributed by atoms with van der Waals surface area (Å²) in [5.74, 6) is 0.560. The van der Waals surface area contributed by atoms with Crippen LogP contribution in [0, 0.1) is 5.92 Å². The van der Waals surface area contributed by atoms with Crippen molar-refractivity contribution in [1.29, 1.82) is 0 Å². The second kappa shape index (κ2) is 5.95. The highest BCUT2D eigenvalue weighted by atomic mass is 16.2. The molecule has 118 valence electrons. The SMILES string of the molecule is CC(C)CC1NC(=O)CN(C2CCN3CCCC3C2)C1=O. The van der Waals surface area contributed by atoms with E-state index < -0.39 is 0 Å². The Morgan fingerprint density at radius 1 is 1.19 bits per heavy atom. The highest BCUT2D eigenvalue weighted by molar-refractivity contribution is 5.95. The second-order valence-electron chi connectivity index (χ2n) is 7.23. The predicted molar refractivity (Wildman–Crippen MR) is 80.7 cm³/mol. The molecule has 3 aliphatic heterocycles. The number of carbonyl (C=O) groups is 2. The topological polar surface area (TPSA) is 52.7 Å². The number of amides is 2. The zero-order chi connectivity index (χ0) is 15.0. The quantitative estimate of drug-likeness (QED) is 0.844. The summed E-state index contributed by atoms with van der Waals surface area (Å²) in [6, 6.07) is 0.579. The fourth-order valence-electron chi connectivity index (χ4n) is 4.16. The smallest absolute Gasteiger partial charge is 0.245 e. The molecule has 5 heteroatoms. The van der Waals surface area contributed by atoms with Crippen LogP contribution in [0.2, 0.25) is 0 Å². The predicted octanol–water partition coefficient (Wildman–Crippen LogP) is 0.986. The molecule has 0 aromatic heterocycles. The number of nitrogens with zero attached hydrogens (tertiary/aromatic N) is 2. The number of hydrogen-bond donors (Lipinski definition) is 1. The van der Waals surface area contributed by atoms with E-state index in [0.717, 1.165) is 25.8 Å². The second-order valence-corrected chi connectivity index (χ2v) is 7.23. The van der Waals surface area contributed by atoms with Crippen LogP contribution in [0.3, 0.4) is 0 Å². The number of fused-ring (bicyclic) bond motifs is 1. The van der Waals surface area contributed by atoms with Crippen molar-refractivity contribution in [3.05, 3.63) is 0 Å². The first-order chi connectivity index (χ1) is 10.0. The third kappa shape index (κ3) is 3.07. The molecule has 21 heavy (non-hydrogen) atoms. The largest absolute Gasteiger partial charge is 0.343 e. The van der Waals surface area contributed by atoms with Gasteiger partial charge in [0.25, 0.3) is 0 Å². The highest BCUT2D eigenvalue weighted by Gasteiger charge is 2.40. The Hall–Kier alpha value is -1.10. The number of rotatable bonds is 3. The van der Waals surface area contributed by atoms with Crippen LogP contribution < -0.4 is 5.32 Å². The summed E-state index contributed by atoms with van der Waals surface area (Å²) in [6.07, 6.45) is 5.34. The van der Waals surface area contributed by atoms with Gasteiger partial charge < -0.3 is 15.1 Å². The van der Waals surface area contributed by atoms with Crippen LogP contribution >= 0.6 is 0 Å². The maximum absolute atomic E-state index is 12.7. The van der Waals surface area contributed by atoms with Crippen LogP contribution in [0.5, 0.6) is 0 Å². The maximum atomic E-state index is 12.7. The van der Waals surface area contributed by atoms with Gasteiger partial charge in [0, 0.05) is 18.6 Å². The molecule has 3 aliphatic rings. The zero-order valence-corrected chi connectivity index (χ0v) is 13.2. The van der Waals surface area contributed by atoms with Crippen molar-refractivity contribution < 1.29 is 9.59 Å². The normalized spacial score (nSPS) is 34.2. The third-order valence-electron chi connectivity index (χ3n) is 5.17. The molecule has 0 aromatic rings. The Morgan fingerprint density at radius 2 is 2.00 bits per heavy atom. The van der Waals surface area contributed by atoms with E-state index in [1.807, 2.05) is 4.90 Å². The summed E-state index contributed by atoms with van der Waals surface area (Å²) < 4.78 is 0. The molecule has 0 spiro atoms. The lowest BCUT2D eigenvalue weighted by atomic mass is 9.93. The van der Waals surface area contributed by atoms with Crippen molar-refractivity contribution in [3.63, 3.8) is 0 Å². The summed E-state index contributed by atoms with van der Waals surface area (Å²) >= 11 is 0. The van der Waals surface area contributed by atoms with Gasteiger partial charge in [-0.3, -0.25) is 9.59 Å². The molecule has 0 saturated carbocycles. The van der Waals surface area contributed by atoms with Gasteiger partial charge >= 0.3 is 0 Å². The fourth-order valence-corrected chi connectivity index (χ4v) is 4.16. The van der Waals surface area contributed by atoms with Gasteiger partial charge in [0.2, 0.25) is 11.8 Å². The van der Waals surface area contributed by atoms with Gasteiger partial charge in [0.1, 0.15) is 6.04 Å². The van der Waals surface area contributed by atoms with E-state index in [1.165, 1.54) is 19.4 Å². The van der Waals surface area contributed by atoms with Crippen LogP contribution in [0.15, 0.2) is 0 Å². The molecule has 3 saturated heterocycles. The molecule has 3 rings (SSSR count). The van der Waals surface area contributed by atoms with Crippen LogP contribution in [-0.2, 0) is 9.59 Å².